The first-order valence-electron chi connectivity index (χ1n) is 18.5. The maximum absolute atomic E-state index is 15.7. The molecule has 7 rings (SSSR count). The van der Waals surface area contributed by atoms with E-state index in [1.807, 2.05) is 91.5 Å². The second-order valence-electron chi connectivity index (χ2n) is 13.7. The molecule has 1 N–H and O–H groups in total. The SMILES string of the molecule is COc1ccc(CNc2ncc3cc(N4CCN(C(=O)OCc5ccccc5)c5c(C)cccc54)c(=O)n(-c4ccc(OCCN(C)C)c(F)c4)c3n2)c(OC)c1. The fraction of sp³-hybridized carbons (Fsp3) is 0.256. The van der Waals surface area contributed by atoms with Crippen molar-refractivity contribution in [2.45, 2.75) is 20.1 Å². The lowest BCUT2D eigenvalue weighted by molar-refractivity contribution is 0.147. The van der Waals surface area contributed by atoms with Crippen LogP contribution in [0.4, 0.5) is 32.2 Å². The molecule has 1 aliphatic rings. The predicted octanol–water partition coefficient (Wildman–Crippen LogP) is 7.09. The first kappa shape index (κ1) is 38.6. The van der Waals surface area contributed by atoms with Gasteiger partial charge in [0.15, 0.2) is 17.2 Å². The van der Waals surface area contributed by atoms with Gasteiger partial charge in [0.1, 0.15) is 30.4 Å². The summed E-state index contributed by atoms with van der Waals surface area (Å²) in [5.74, 6) is 0.959. The van der Waals surface area contributed by atoms with Gasteiger partial charge < -0.3 is 34.1 Å². The Morgan fingerprint density at radius 3 is 2.49 bits per heavy atom. The van der Waals surface area contributed by atoms with Crippen molar-refractivity contribution in [2.24, 2.45) is 0 Å². The van der Waals surface area contributed by atoms with E-state index in [2.05, 4.69) is 10.3 Å². The Bertz CT molecular complexity index is 2460. The number of likely N-dealkylation sites (N-methyl/N-ethyl adjacent to an activating group) is 1. The molecule has 6 aromatic rings. The summed E-state index contributed by atoms with van der Waals surface area (Å²) in [5.41, 5.74) is 4.16. The molecule has 0 unspecified atom stereocenters. The minimum Gasteiger partial charge on any atom is -0.497 e. The number of rotatable bonds is 13. The molecule has 0 aliphatic carbocycles. The number of pyridine rings is 1. The molecule has 0 saturated carbocycles. The van der Waals surface area contributed by atoms with E-state index in [1.165, 1.54) is 16.7 Å². The molecular weight excluding hydrogens is 730 g/mol. The lowest BCUT2D eigenvalue weighted by Gasteiger charge is -2.38. The van der Waals surface area contributed by atoms with E-state index in [4.69, 9.17) is 23.9 Å². The summed E-state index contributed by atoms with van der Waals surface area (Å²) in [6.07, 6.45) is 1.13. The van der Waals surface area contributed by atoms with Crippen LogP contribution in [-0.4, -0.2) is 80.1 Å². The minimum absolute atomic E-state index is 0.0687. The third-order valence-corrected chi connectivity index (χ3v) is 9.66. The molecule has 4 aromatic carbocycles. The van der Waals surface area contributed by atoms with Gasteiger partial charge in [-0.3, -0.25) is 14.3 Å². The Kier molecular flexibility index (Phi) is 11.5. The van der Waals surface area contributed by atoms with E-state index in [0.29, 0.717) is 47.0 Å². The number of anilines is 4. The molecule has 57 heavy (non-hydrogen) atoms. The number of aromatic nitrogens is 3. The Labute approximate surface area is 329 Å². The second-order valence-corrected chi connectivity index (χ2v) is 13.7. The lowest BCUT2D eigenvalue weighted by Crippen LogP contribution is -2.44. The van der Waals surface area contributed by atoms with Crippen LogP contribution in [0.5, 0.6) is 17.2 Å². The van der Waals surface area contributed by atoms with Gasteiger partial charge in [-0.25, -0.2) is 14.2 Å². The standard InChI is InChI=1S/C43H44FN7O6/c1-28-10-9-13-35-39(28)50(43(53)57-27-29-11-7-6-8-12-29)19-18-49(35)36-22-31-26-46-42(45-25-30-14-16-33(54-4)24-38(30)55-5)47-40(31)51(41(36)52)32-15-17-37(34(44)23-32)56-21-20-48(2)3/h6-17,22-24,26H,18-21,25,27H2,1-5H3,(H,45,46,47). The molecule has 1 aliphatic heterocycles. The number of carbonyl (C=O) groups excluding carboxylic acids is 1. The van der Waals surface area contributed by atoms with Crippen LogP contribution in [0.2, 0.25) is 0 Å². The summed E-state index contributed by atoms with van der Waals surface area (Å²) in [6.45, 7) is 3.74. The number of para-hydroxylation sites is 1. The van der Waals surface area contributed by atoms with Gasteiger partial charge in [-0.1, -0.05) is 42.5 Å². The van der Waals surface area contributed by atoms with Crippen LogP contribution >= 0.6 is 0 Å². The van der Waals surface area contributed by atoms with Crippen LogP contribution in [0.15, 0.2) is 102 Å². The fourth-order valence-electron chi connectivity index (χ4n) is 6.73. The summed E-state index contributed by atoms with van der Waals surface area (Å²) in [6, 6.07) is 26.8. The maximum Gasteiger partial charge on any atom is 0.414 e. The molecular formula is C43H44FN7O6. The van der Waals surface area contributed by atoms with Crippen LogP contribution in [0, 0.1) is 12.7 Å². The maximum atomic E-state index is 15.7. The Morgan fingerprint density at radius 1 is 0.912 bits per heavy atom. The average molecular weight is 774 g/mol. The zero-order chi connectivity index (χ0) is 40.1. The zero-order valence-electron chi connectivity index (χ0n) is 32.5. The number of nitrogens with zero attached hydrogens (tertiary/aromatic N) is 6. The van der Waals surface area contributed by atoms with E-state index < -0.39 is 17.5 Å². The van der Waals surface area contributed by atoms with Crippen molar-refractivity contribution in [3.8, 4) is 22.9 Å². The Hall–Kier alpha value is -6.67. The molecule has 0 fully saturated rings. The molecule has 1 amide bonds. The number of amides is 1. The number of aryl methyl sites for hydroxylation is 1. The van der Waals surface area contributed by atoms with E-state index in [0.717, 1.165) is 16.7 Å². The summed E-state index contributed by atoms with van der Waals surface area (Å²) in [4.78, 5) is 43.2. The van der Waals surface area contributed by atoms with E-state index in [9.17, 15) is 9.59 Å². The van der Waals surface area contributed by atoms with Crippen LogP contribution in [-0.2, 0) is 17.9 Å². The number of hydrogen-bond donors (Lipinski definition) is 1. The molecule has 14 heteroatoms. The molecule has 0 spiro atoms. The molecule has 0 bridgehead atoms. The van der Waals surface area contributed by atoms with Gasteiger partial charge in [-0.15, -0.1) is 0 Å². The van der Waals surface area contributed by atoms with Gasteiger partial charge in [0, 0.05) is 55.5 Å². The summed E-state index contributed by atoms with van der Waals surface area (Å²) >= 11 is 0. The molecule has 0 atom stereocenters. The van der Waals surface area contributed by atoms with Crippen molar-refractivity contribution < 1.29 is 28.1 Å². The predicted molar refractivity (Wildman–Crippen MR) is 218 cm³/mol. The fourth-order valence-corrected chi connectivity index (χ4v) is 6.73. The van der Waals surface area contributed by atoms with Gasteiger partial charge in [0.2, 0.25) is 5.95 Å². The quantitative estimate of drug-likeness (QED) is 0.129. The van der Waals surface area contributed by atoms with E-state index in [-0.39, 0.29) is 49.3 Å². The van der Waals surface area contributed by atoms with Crippen molar-refractivity contribution in [3.05, 3.63) is 130 Å². The molecule has 0 radical (unpaired) electrons. The van der Waals surface area contributed by atoms with Gasteiger partial charge in [-0.05, 0) is 68.5 Å². The monoisotopic (exact) mass is 773 g/mol. The number of fused-ring (bicyclic) bond motifs is 2. The van der Waals surface area contributed by atoms with Crippen molar-refractivity contribution in [1.29, 1.82) is 0 Å². The Morgan fingerprint density at radius 2 is 1.74 bits per heavy atom. The highest BCUT2D eigenvalue weighted by molar-refractivity contribution is 5.97. The minimum atomic E-state index is -0.626. The Balaban J connectivity index is 1.28. The van der Waals surface area contributed by atoms with Crippen LogP contribution in [0.25, 0.3) is 16.7 Å². The second kappa shape index (κ2) is 17.0. The number of ether oxygens (including phenoxy) is 4. The van der Waals surface area contributed by atoms with Crippen molar-refractivity contribution >= 4 is 40.1 Å². The van der Waals surface area contributed by atoms with E-state index in [1.54, 1.807) is 43.5 Å². The highest BCUT2D eigenvalue weighted by Crippen LogP contribution is 2.40. The third kappa shape index (κ3) is 8.31. The van der Waals surface area contributed by atoms with Gasteiger partial charge in [0.25, 0.3) is 5.56 Å². The molecule has 294 valence electrons. The number of halogens is 1. The van der Waals surface area contributed by atoms with Crippen LogP contribution in [0.3, 0.4) is 0 Å². The zero-order valence-corrected chi connectivity index (χ0v) is 32.5. The normalized spacial score (nSPS) is 12.4. The van der Waals surface area contributed by atoms with Crippen molar-refractivity contribution in [2.75, 3.05) is 69.7 Å². The largest absolute Gasteiger partial charge is 0.497 e. The number of methoxy groups -OCH3 is 2. The third-order valence-electron chi connectivity index (χ3n) is 9.66. The van der Waals surface area contributed by atoms with Crippen LogP contribution < -0.4 is 34.9 Å². The van der Waals surface area contributed by atoms with Gasteiger partial charge in [0.05, 0.1) is 31.3 Å². The highest BCUT2D eigenvalue weighted by atomic mass is 19.1. The lowest BCUT2D eigenvalue weighted by atomic mass is 10.1. The summed E-state index contributed by atoms with van der Waals surface area (Å²) in [5, 5.41) is 3.76. The first-order chi connectivity index (χ1) is 27.6. The van der Waals surface area contributed by atoms with E-state index >= 15 is 4.39 Å². The smallest absolute Gasteiger partial charge is 0.414 e. The van der Waals surface area contributed by atoms with Crippen molar-refractivity contribution in [3.63, 3.8) is 0 Å². The molecule has 13 nitrogen and oxygen atoms in total. The van der Waals surface area contributed by atoms with Gasteiger partial charge >= 0.3 is 6.09 Å². The number of hydrogen-bond acceptors (Lipinski definition) is 11. The molecule has 0 saturated heterocycles. The van der Waals surface area contributed by atoms with Crippen LogP contribution in [0.1, 0.15) is 16.7 Å². The van der Waals surface area contributed by atoms with Gasteiger partial charge in [-0.2, -0.15) is 4.98 Å². The van der Waals surface area contributed by atoms with Crippen molar-refractivity contribution in [1.82, 2.24) is 19.4 Å². The average Bonchev–Trinajstić information content (AvgIpc) is 3.22. The number of carbonyl (C=O) groups is 1. The molecule has 2 aromatic heterocycles. The summed E-state index contributed by atoms with van der Waals surface area (Å²) < 4.78 is 39.4. The topological polar surface area (TPSA) is 124 Å². The first-order valence-corrected chi connectivity index (χ1v) is 18.5. The summed E-state index contributed by atoms with van der Waals surface area (Å²) in [7, 11) is 6.98. The number of benzene rings is 4. The highest BCUT2D eigenvalue weighted by Gasteiger charge is 2.32. The molecule has 3 heterocycles. The number of nitrogens with one attached hydrogen (secondary N) is 1.